The van der Waals surface area contributed by atoms with E-state index in [0.29, 0.717) is 25.0 Å². The van der Waals surface area contributed by atoms with Crippen molar-refractivity contribution in [2.75, 3.05) is 27.7 Å². The summed E-state index contributed by atoms with van der Waals surface area (Å²) in [6, 6.07) is 0.590. The zero-order chi connectivity index (χ0) is 12.1. The number of amides is 1. The number of rotatable bonds is 5. The van der Waals surface area contributed by atoms with Crippen LogP contribution in [-0.4, -0.2) is 55.4 Å². The van der Waals surface area contributed by atoms with Crippen LogP contribution in [0.1, 0.15) is 25.7 Å². The van der Waals surface area contributed by atoms with Gasteiger partial charge in [-0.15, -0.1) is 0 Å². The topological polar surface area (TPSA) is 61.9 Å². The van der Waals surface area contributed by atoms with Crippen molar-refractivity contribution in [2.24, 2.45) is 10.7 Å². The summed E-state index contributed by atoms with van der Waals surface area (Å²) in [5.41, 5.74) is 5.82. The van der Waals surface area contributed by atoms with Crippen LogP contribution in [0.5, 0.6) is 0 Å². The van der Waals surface area contributed by atoms with Crippen LogP contribution in [0.15, 0.2) is 4.99 Å². The van der Waals surface area contributed by atoms with Gasteiger partial charge in [0.1, 0.15) is 0 Å². The quantitative estimate of drug-likeness (QED) is 0.415. The second-order valence-electron chi connectivity index (χ2n) is 4.47. The summed E-state index contributed by atoms with van der Waals surface area (Å²) >= 11 is 0. The molecule has 1 amide bonds. The molecule has 0 heterocycles. The summed E-state index contributed by atoms with van der Waals surface area (Å²) in [5.74, 6) is 0.740. The first-order valence-corrected chi connectivity index (χ1v) is 5.75. The number of nitrogens with two attached hydrogens (primary N) is 1. The molecule has 5 heteroatoms. The van der Waals surface area contributed by atoms with E-state index in [2.05, 4.69) is 4.99 Å². The number of aliphatic imine (C=N–C) groups is 1. The molecule has 0 atom stereocenters. The first kappa shape index (κ1) is 12.8. The third-order valence-electron chi connectivity index (χ3n) is 2.78. The smallest absolute Gasteiger partial charge is 0.222 e. The molecule has 0 aliphatic heterocycles. The lowest BCUT2D eigenvalue weighted by atomic mass is 10.3. The van der Waals surface area contributed by atoms with Gasteiger partial charge in [-0.05, 0) is 19.3 Å². The molecule has 1 fully saturated rings. The van der Waals surface area contributed by atoms with Gasteiger partial charge < -0.3 is 15.5 Å². The van der Waals surface area contributed by atoms with Crippen LogP contribution < -0.4 is 5.73 Å². The molecular formula is C11H22N4O. The van der Waals surface area contributed by atoms with Crippen molar-refractivity contribution in [3.05, 3.63) is 0 Å². The third-order valence-corrected chi connectivity index (χ3v) is 2.78. The van der Waals surface area contributed by atoms with E-state index >= 15 is 0 Å². The molecule has 0 aromatic heterocycles. The van der Waals surface area contributed by atoms with Gasteiger partial charge >= 0.3 is 0 Å². The van der Waals surface area contributed by atoms with Gasteiger partial charge in [0, 0.05) is 40.2 Å². The Morgan fingerprint density at radius 3 is 2.50 bits per heavy atom. The van der Waals surface area contributed by atoms with Gasteiger partial charge in [-0.25, -0.2) is 0 Å². The minimum absolute atomic E-state index is 0.143. The average Bonchev–Trinajstić information content (AvgIpc) is 3.06. The van der Waals surface area contributed by atoms with E-state index in [1.165, 1.54) is 12.8 Å². The van der Waals surface area contributed by atoms with Crippen molar-refractivity contribution in [2.45, 2.75) is 31.7 Å². The standard InChI is InChI=1S/C11H22N4O/c1-14(2)10(16)5-4-8-13-11(12)15(3)9-6-7-9/h9H,4-8H2,1-3H3,(H2,12,13). The Morgan fingerprint density at radius 1 is 1.38 bits per heavy atom. The minimum Gasteiger partial charge on any atom is -0.370 e. The lowest BCUT2D eigenvalue weighted by Gasteiger charge is -2.16. The van der Waals surface area contributed by atoms with Crippen molar-refractivity contribution < 1.29 is 4.79 Å². The van der Waals surface area contributed by atoms with Crippen LogP contribution in [0.25, 0.3) is 0 Å². The summed E-state index contributed by atoms with van der Waals surface area (Å²) in [4.78, 5) is 19.2. The normalized spacial score (nSPS) is 16.1. The van der Waals surface area contributed by atoms with Crippen molar-refractivity contribution >= 4 is 11.9 Å². The average molecular weight is 226 g/mol. The fourth-order valence-electron chi connectivity index (χ4n) is 1.41. The van der Waals surface area contributed by atoms with E-state index in [4.69, 9.17) is 5.73 Å². The van der Waals surface area contributed by atoms with Gasteiger partial charge in [0.05, 0.1) is 0 Å². The van der Waals surface area contributed by atoms with Crippen LogP contribution in [-0.2, 0) is 4.79 Å². The maximum absolute atomic E-state index is 11.3. The van der Waals surface area contributed by atoms with Gasteiger partial charge in [0.2, 0.25) is 5.91 Å². The van der Waals surface area contributed by atoms with E-state index in [-0.39, 0.29) is 5.91 Å². The molecule has 5 nitrogen and oxygen atoms in total. The van der Waals surface area contributed by atoms with Crippen LogP contribution in [0.3, 0.4) is 0 Å². The number of hydrogen-bond acceptors (Lipinski definition) is 2. The molecule has 0 aromatic rings. The maximum atomic E-state index is 11.3. The lowest BCUT2D eigenvalue weighted by molar-refractivity contribution is -0.128. The maximum Gasteiger partial charge on any atom is 0.222 e. The highest BCUT2D eigenvalue weighted by atomic mass is 16.2. The Labute approximate surface area is 97.3 Å². The summed E-state index contributed by atoms with van der Waals surface area (Å²) < 4.78 is 0. The van der Waals surface area contributed by atoms with Gasteiger partial charge in [0.25, 0.3) is 0 Å². The molecule has 0 aromatic carbocycles. The van der Waals surface area contributed by atoms with E-state index in [0.717, 1.165) is 6.42 Å². The Balaban J connectivity index is 2.17. The highest BCUT2D eigenvalue weighted by Crippen LogP contribution is 2.24. The second-order valence-corrected chi connectivity index (χ2v) is 4.47. The van der Waals surface area contributed by atoms with Crippen LogP contribution in [0.4, 0.5) is 0 Å². The monoisotopic (exact) mass is 226 g/mol. The number of guanidine groups is 1. The molecule has 1 saturated carbocycles. The minimum atomic E-state index is 0.143. The zero-order valence-electron chi connectivity index (χ0n) is 10.4. The summed E-state index contributed by atoms with van der Waals surface area (Å²) in [6.07, 6.45) is 3.73. The summed E-state index contributed by atoms with van der Waals surface area (Å²) in [6.45, 7) is 0.627. The SMILES string of the molecule is CN(C)C(=O)CCCN=C(N)N(C)C1CC1. The first-order chi connectivity index (χ1) is 7.52. The summed E-state index contributed by atoms with van der Waals surface area (Å²) in [7, 11) is 5.50. The zero-order valence-corrected chi connectivity index (χ0v) is 10.4. The van der Waals surface area contributed by atoms with Crippen molar-refractivity contribution in [3.8, 4) is 0 Å². The molecule has 2 N–H and O–H groups in total. The predicted molar refractivity (Wildman–Crippen MR) is 65.2 cm³/mol. The van der Waals surface area contributed by atoms with Crippen LogP contribution in [0.2, 0.25) is 0 Å². The molecular weight excluding hydrogens is 204 g/mol. The number of carbonyl (C=O) groups excluding carboxylic acids is 1. The highest BCUT2D eigenvalue weighted by molar-refractivity contribution is 5.78. The highest BCUT2D eigenvalue weighted by Gasteiger charge is 2.27. The molecule has 16 heavy (non-hydrogen) atoms. The second kappa shape index (κ2) is 5.72. The van der Waals surface area contributed by atoms with Gasteiger partial charge in [-0.2, -0.15) is 0 Å². The van der Waals surface area contributed by atoms with E-state index in [9.17, 15) is 4.79 Å². The van der Waals surface area contributed by atoms with E-state index in [1.54, 1.807) is 19.0 Å². The van der Waals surface area contributed by atoms with Gasteiger partial charge in [-0.3, -0.25) is 9.79 Å². The van der Waals surface area contributed by atoms with Gasteiger partial charge in [0.15, 0.2) is 5.96 Å². The first-order valence-electron chi connectivity index (χ1n) is 5.75. The number of nitrogens with zero attached hydrogens (tertiary/aromatic N) is 3. The molecule has 0 unspecified atom stereocenters. The molecule has 0 bridgehead atoms. The molecule has 92 valence electrons. The fraction of sp³-hybridized carbons (Fsp3) is 0.818. The van der Waals surface area contributed by atoms with E-state index in [1.807, 2.05) is 11.9 Å². The van der Waals surface area contributed by atoms with Gasteiger partial charge in [-0.1, -0.05) is 0 Å². The molecule has 0 spiro atoms. The number of carbonyl (C=O) groups is 1. The largest absolute Gasteiger partial charge is 0.370 e. The Kier molecular flexibility index (Phi) is 4.58. The third kappa shape index (κ3) is 4.08. The molecule has 0 radical (unpaired) electrons. The fourth-order valence-corrected chi connectivity index (χ4v) is 1.41. The Bertz CT molecular complexity index is 271. The Hall–Kier alpha value is -1.26. The predicted octanol–water partition coefficient (Wildman–Crippen LogP) is 0.264. The Morgan fingerprint density at radius 2 is 2.00 bits per heavy atom. The molecule has 1 rings (SSSR count). The molecule has 0 saturated heterocycles. The van der Waals surface area contributed by atoms with Crippen molar-refractivity contribution in [1.82, 2.24) is 9.80 Å². The summed E-state index contributed by atoms with van der Waals surface area (Å²) in [5, 5.41) is 0. The van der Waals surface area contributed by atoms with Crippen LogP contribution in [0, 0.1) is 0 Å². The molecule has 1 aliphatic carbocycles. The van der Waals surface area contributed by atoms with Crippen molar-refractivity contribution in [3.63, 3.8) is 0 Å². The lowest BCUT2D eigenvalue weighted by Crippen LogP contribution is -2.35. The van der Waals surface area contributed by atoms with Crippen LogP contribution >= 0.6 is 0 Å². The number of hydrogen-bond donors (Lipinski definition) is 1. The van der Waals surface area contributed by atoms with E-state index < -0.39 is 0 Å². The molecule has 1 aliphatic rings. The van der Waals surface area contributed by atoms with Crippen molar-refractivity contribution in [1.29, 1.82) is 0 Å².